The van der Waals surface area contributed by atoms with Crippen molar-refractivity contribution >= 4 is 17.3 Å². The second-order valence-corrected chi connectivity index (χ2v) is 4.14. The number of nitrogens with zero attached hydrogens (tertiary/aromatic N) is 1. The molecule has 0 unspecified atom stereocenters. The van der Waals surface area contributed by atoms with Gasteiger partial charge in [-0.1, -0.05) is 30.3 Å². The van der Waals surface area contributed by atoms with Crippen LogP contribution in [0.15, 0.2) is 59.6 Å². The van der Waals surface area contributed by atoms with Crippen molar-refractivity contribution in [3.8, 4) is 0 Å². The number of hydrogen-bond donors (Lipinski definition) is 2. The third-order valence-corrected chi connectivity index (χ3v) is 2.77. The van der Waals surface area contributed by atoms with Gasteiger partial charge in [-0.3, -0.25) is 4.99 Å². The zero-order chi connectivity index (χ0) is 13.5. The lowest BCUT2D eigenvalue weighted by molar-refractivity contribution is 1.27. The highest BCUT2D eigenvalue weighted by Crippen LogP contribution is 2.11. The fraction of sp³-hybridized carbons (Fsp3) is 0.125. The Bertz CT molecular complexity index is 530. The van der Waals surface area contributed by atoms with Gasteiger partial charge in [-0.25, -0.2) is 0 Å². The largest absolute Gasteiger partial charge is 0.326 e. The van der Waals surface area contributed by atoms with E-state index >= 15 is 0 Å². The number of aliphatic imine (C=N–C) groups is 1. The number of guanidine groups is 1. The number of rotatable bonds is 3. The predicted octanol–water partition coefficient (Wildman–Crippen LogP) is 3.57. The van der Waals surface area contributed by atoms with Crippen LogP contribution in [-0.2, 0) is 6.42 Å². The van der Waals surface area contributed by atoms with E-state index in [2.05, 4.69) is 34.7 Å². The molecule has 0 spiro atoms. The maximum Gasteiger partial charge on any atom is 0.200 e. The van der Waals surface area contributed by atoms with Gasteiger partial charge in [-0.05, 0) is 43.2 Å². The Morgan fingerprint density at radius 3 is 2.05 bits per heavy atom. The Hall–Kier alpha value is -2.29. The molecule has 0 saturated carbocycles. The average Bonchev–Trinajstić information content (AvgIpc) is 2.48. The van der Waals surface area contributed by atoms with Gasteiger partial charge in [0.2, 0.25) is 0 Å². The maximum atomic E-state index is 4.20. The summed E-state index contributed by atoms with van der Waals surface area (Å²) in [5.74, 6) is 0.716. The van der Waals surface area contributed by atoms with E-state index in [0.717, 1.165) is 17.8 Å². The van der Waals surface area contributed by atoms with Crippen molar-refractivity contribution in [3.63, 3.8) is 0 Å². The van der Waals surface area contributed by atoms with Crippen LogP contribution >= 0.6 is 0 Å². The first-order valence-corrected chi connectivity index (χ1v) is 6.26. The summed E-state index contributed by atoms with van der Waals surface area (Å²) in [5.41, 5.74) is 3.22. The first-order valence-electron chi connectivity index (χ1n) is 6.26. The molecular formula is C16H18N3. The number of anilines is 2. The molecule has 2 aromatic carbocycles. The quantitative estimate of drug-likeness (QED) is 0.647. The van der Waals surface area contributed by atoms with Gasteiger partial charge in [0, 0.05) is 18.4 Å². The van der Waals surface area contributed by atoms with E-state index in [4.69, 9.17) is 0 Å². The molecule has 0 aliphatic heterocycles. The van der Waals surface area contributed by atoms with Crippen LogP contribution in [-0.4, -0.2) is 13.0 Å². The molecule has 0 aliphatic carbocycles. The van der Waals surface area contributed by atoms with Gasteiger partial charge in [-0.2, -0.15) is 0 Å². The van der Waals surface area contributed by atoms with Crippen molar-refractivity contribution in [3.05, 3.63) is 67.1 Å². The Kier molecular flexibility index (Phi) is 4.56. The van der Waals surface area contributed by atoms with Crippen LogP contribution in [0.2, 0.25) is 0 Å². The fourth-order valence-electron chi connectivity index (χ4n) is 1.69. The van der Waals surface area contributed by atoms with Crippen LogP contribution in [0.5, 0.6) is 0 Å². The lowest BCUT2D eigenvalue weighted by atomic mass is 10.1. The molecule has 1 radical (unpaired) electrons. The molecule has 0 bridgehead atoms. The Balaban J connectivity index is 2.03. The lowest BCUT2D eigenvalue weighted by Gasteiger charge is -2.12. The normalized spacial score (nSPS) is 11.2. The third-order valence-electron chi connectivity index (χ3n) is 2.77. The molecule has 0 amide bonds. The molecule has 3 nitrogen and oxygen atoms in total. The Morgan fingerprint density at radius 2 is 1.53 bits per heavy atom. The first-order chi connectivity index (χ1) is 9.31. The fourth-order valence-corrected chi connectivity index (χ4v) is 1.69. The van der Waals surface area contributed by atoms with E-state index in [1.54, 1.807) is 7.05 Å². The molecule has 0 aliphatic rings. The monoisotopic (exact) mass is 252 g/mol. The van der Waals surface area contributed by atoms with Crippen LogP contribution in [0.25, 0.3) is 0 Å². The summed E-state index contributed by atoms with van der Waals surface area (Å²) in [6, 6.07) is 18.1. The van der Waals surface area contributed by atoms with Gasteiger partial charge < -0.3 is 10.6 Å². The minimum Gasteiger partial charge on any atom is -0.326 e. The van der Waals surface area contributed by atoms with Crippen molar-refractivity contribution in [1.29, 1.82) is 0 Å². The number of hydrogen-bond acceptors (Lipinski definition) is 1. The highest BCUT2D eigenvalue weighted by Gasteiger charge is 1.99. The lowest BCUT2D eigenvalue weighted by Crippen LogP contribution is -2.21. The summed E-state index contributed by atoms with van der Waals surface area (Å²) in [5, 5.41) is 6.48. The summed E-state index contributed by atoms with van der Waals surface area (Å²) in [6.07, 6.45) is 0.803. The molecule has 0 fully saturated rings. The Labute approximate surface area is 114 Å². The van der Waals surface area contributed by atoms with Crippen LogP contribution < -0.4 is 10.6 Å². The minimum atomic E-state index is 0.716. The standard InChI is InChI=1S/C16H18N3/c1-3-13-9-11-15(12-10-13)19-16(17-2)18-14-7-5-4-6-8-14/h4-12H,1,3H2,2H3,(H2,17,18,19). The van der Waals surface area contributed by atoms with Crippen molar-refractivity contribution in [2.24, 2.45) is 4.99 Å². The van der Waals surface area contributed by atoms with Gasteiger partial charge in [0.15, 0.2) is 5.96 Å². The van der Waals surface area contributed by atoms with E-state index in [9.17, 15) is 0 Å². The summed E-state index contributed by atoms with van der Waals surface area (Å²) >= 11 is 0. The van der Waals surface area contributed by atoms with Crippen molar-refractivity contribution in [2.45, 2.75) is 6.42 Å². The predicted molar refractivity (Wildman–Crippen MR) is 82.5 cm³/mol. The average molecular weight is 252 g/mol. The number of benzene rings is 2. The zero-order valence-corrected chi connectivity index (χ0v) is 11.1. The van der Waals surface area contributed by atoms with Crippen molar-refractivity contribution in [2.75, 3.05) is 17.7 Å². The molecule has 97 valence electrons. The highest BCUT2D eigenvalue weighted by molar-refractivity contribution is 6.03. The SMILES string of the molecule is [CH2]Cc1ccc(NC(=NC)Nc2ccccc2)cc1. The summed E-state index contributed by atoms with van der Waals surface area (Å²) in [7, 11) is 1.75. The highest BCUT2D eigenvalue weighted by atomic mass is 15.2. The molecule has 0 aromatic heterocycles. The van der Waals surface area contributed by atoms with Crippen LogP contribution in [0.1, 0.15) is 5.56 Å². The van der Waals surface area contributed by atoms with E-state index in [0.29, 0.717) is 5.96 Å². The van der Waals surface area contributed by atoms with E-state index in [1.165, 1.54) is 5.56 Å². The molecule has 3 heteroatoms. The number of para-hydroxylation sites is 1. The third kappa shape index (κ3) is 3.85. The summed E-state index contributed by atoms with van der Waals surface area (Å²) in [4.78, 5) is 4.20. The van der Waals surface area contributed by atoms with E-state index in [-0.39, 0.29) is 0 Å². The van der Waals surface area contributed by atoms with Gasteiger partial charge in [0.05, 0.1) is 0 Å². The zero-order valence-electron chi connectivity index (χ0n) is 11.1. The van der Waals surface area contributed by atoms with Crippen LogP contribution in [0.3, 0.4) is 0 Å². The molecule has 0 heterocycles. The molecule has 0 saturated heterocycles. The topological polar surface area (TPSA) is 36.4 Å². The Morgan fingerprint density at radius 1 is 0.947 bits per heavy atom. The molecule has 2 N–H and O–H groups in total. The maximum absolute atomic E-state index is 4.20. The molecule has 2 rings (SSSR count). The molecule has 0 atom stereocenters. The smallest absolute Gasteiger partial charge is 0.200 e. The van der Waals surface area contributed by atoms with Crippen molar-refractivity contribution in [1.82, 2.24) is 0 Å². The molecule has 19 heavy (non-hydrogen) atoms. The van der Waals surface area contributed by atoms with Crippen LogP contribution in [0.4, 0.5) is 11.4 Å². The molecule has 2 aromatic rings. The van der Waals surface area contributed by atoms with E-state index in [1.807, 2.05) is 42.5 Å². The van der Waals surface area contributed by atoms with Crippen molar-refractivity contribution < 1.29 is 0 Å². The molecular weight excluding hydrogens is 234 g/mol. The summed E-state index contributed by atoms with van der Waals surface area (Å²) in [6.45, 7) is 3.86. The number of nitrogens with one attached hydrogen (secondary N) is 2. The second kappa shape index (κ2) is 6.59. The van der Waals surface area contributed by atoms with Gasteiger partial charge in [0.1, 0.15) is 0 Å². The van der Waals surface area contributed by atoms with Gasteiger partial charge in [-0.15, -0.1) is 0 Å². The second-order valence-electron chi connectivity index (χ2n) is 4.14. The van der Waals surface area contributed by atoms with Crippen LogP contribution in [0, 0.1) is 6.92 Å². The first kappa shape index (κ1) is 13.1. The summed E-state index contributed by atoms with van der Waals surface area (Å²) < 4.78 is 0. The minimum absolute atomic E-state index is 0.716. The van der Waals surface area contributed by atoms with E-state index < -0.39 is 0 Å². The van der Waals surface area contributed by atoms with Gasteiger partial charge in [0.25, 0.3) is 0 Å². The van der Waals surface area contributed by atoms with Gasteiger partial charge >= 0.3 is 0 Å².